The Morgan fingerprint density at radius 2 is 1.04 bits per heavy atom. The first kappa shape index (κ1) is 69.8. The van der Waals surface area contributed by atoms with E-state index < -0.39 is 5.97 Å². The quantitative estimate of drug-likeness (QED) is 0.0278. The van der Waals surface area contributed by atoms with Gasteiger partial charge < -0.3 is 49.4 Å². The third-order valence-corrected chi connectivity index (χ3v) is 12.2. The molecule has 0 radical (unpaired) electrons. The van der Waals surface area contributed by atoms with Crippen LogP contribution in [0.15, 0.2) is 219 Å². The fourth-order valence-electron chi connectivity index (χ4n) is 7.59. The van der Waals surface area contributed by atoms with E-state index in [2.05, 4.69) is 30.5 Å². The molecule has 0 saturated carbocycles. The number of ketones is 3. The molecule has 416 valence electrons. The van der Waals surface area contributed by atoms with Crippen LogP contribution in [0.5, 0.6) is 17.2 Å². The van der Waals surface area contributed by atoms with Crippen molar-refractivity contribution in [3.8, 4) is 17.2 Å². The number of ether oxygens (including phenoxy) is 5. The van der Waals surface area contributed by atoms with Gasteiger partial charge >= 0.3 is 150 Å². The number of esters is 2. The molecule has 0 unspecified atom stereocenters. The second kappa shape index (κ2) is 39.0. The average molecular weight is 1420 g/mol. The predicted molar refractivity (Wildman–Crippen MR) is 308 cm³/mol. The Labute approximate surface area is 608 Å². The maximum absolute atomic E-state index is 12.5. The molecular weight excluding hydrogens is 1360 g/mol. The van der Waals surface area contributed by atoms with Crippen LogP contribution in [0.2, 0.25) is 0 Å². The molecule has 0 atom stereocenters. The van der Waals surface area contributed by atoms with Gasteiger partial charge in [0.2, 0.25) is 0 Å². The first-order valence-electron chi connectivity index (χ1n) is 25.0. The summed E-state index contributed by atoms with van der Waals surface area (Å²) in [6.07, 6.45) is 7.72. The van der Waals surface area contributed by atoms with Crippen LogP contribution in [-0.4, -0.2) is 69.4 Å². The smallest absolute Gasteiger partial charge is 1.00 e. The number of carbonyl (C=O) groups excluding carboxylic acids is 6. The van der Waals surface area contributed by atoms with E-state index in [0.29, 0.717) is 59.8 Å². The monoisotopic (exact) mass is 1420 g/mol. The van der Waals surface area contributed by atoms with Gasteiger partial charge in [-0.3, -0.25) is 19.2 Å². The van der Waals surface area contributed by atoms with Gasteiger partial charge in [-0.25, -0.2) is 9.59 Å². The molecule has 3 aromatic heterocycles. The maximum atomic E-state index is 12.5. The normalized spacial score (nSPS) is 10.5. The third-order valence-electron chi connectivity index (χ3n) is 11.7. The molecule has 0 amide bonds. The van der Waals surface area contributed by atoms with E-state index in [-0.39, 0.29) is 176 Å². The van der Waals surface area contributed by atoms with Crippen molar-refractivity contribution in [1.82, 2.24) is 14.1 Å². The SMILES string of the molecule is COC(=O)c1ccc[nH]1.COC(=O)c1cccn1CC(=O)c1ccc(OCc2ccccc2)cc1.O=C(CBr)c1ccc(OCc2ccccc2)cc1.O=C1CC(c2ccc(OCc3ccccc3)cc2)=Cn2cccc21.O=CO[O-].[Cs+].[Cs+].[H-]. The van der Waals surface area contributed by atoms with Crippen molar-refractivity contribution in [2.75, 3.05) is 19.5 Å². The minimum absolute atomic E-state index is 0. The first-order valence-corrected chi connectivity index (χ1v) is 26.2. The molecule has 9 aromatic rings. The summed E-state index contributed by atoms with van der Waals surface area (Å²) in [5.41, 5.74) is 8.26. The Balaban J connectivity index is 0.000000296. The van der Waals surface area contributed by atoms with Crippen molar-refractivity contribution in [2.45, 2.75) is 32.8 Å². The first-order chi connectivity index (χ1) is 39.5. The summed E-state index contributed by atoms with van der Waals surface area (Å²) in [5.74, 6) is 1.62. The van der Waals surface area contributed by atoms with Crippen molar-refractivity contribution < 1.29 is 202 Å². The molecule has 0 aliphatic carbocycles. The molecule has 0 fully saturated rings. The van der Waals surface area contributed by atoms with Crippen LogP contribution in [0.25, 0.3) is 11.8 Å². The van der Waals surface area contributed by atoms with E-state index in [0.717, 1.165) is 45.0 Å². The summed E-state index contributed by atoms with van der Waals surface area (Å²) in [7, 11) is 2.67. The van der Waals surface area contributed by atoms with Crippen LogP contribution in [0.4, 0.5) is 0 Å². The molecule has 16 nitrogen and oxygen atoms in total. The standard InChI is InChI=1S/C21H19NO4.C21H17NO2.C15H13BrO2.C6H7NO2.CH2O3.2Cs.H/c1-25-21(24)19-8-5-13-22(19)14-20(23)17-9-11-18(12-10-17)26-15-16-6-3-2-4-7-16;23-21-13-18(14-22-12-4-7-20(21)22)17-8-10-19(11-9-17)24-15-16-5-2-1-3-6-16;16-10-15(17)13-6-8-14(9-7-13)18-11-12-4-2-1-3-5-12;1-9-6(8)5-3-2-4-7-5;2-1-4-3;;;/h2-13H,14-15H2,1H3;1-12,14H,13,15H2;1-9H,10-11H2;2-4,7H,1H3;1,3H;;;/q;;;;;2*+1;-1/p-1. The summed E-state index contributed by atoms with van der Waals surface area (Å²) in [6, 6.07) is 62.5. The number of alkyl halides is 1. The Bertz CT molecular complexity index is 3420. The van der Waals surface area contributed by atoms with Gasteiger partial charge in [-0.15, -0.1) is 0 Å². The minimum atomic E-state index is -0.465. The summed E-state index contributed by atoms with van der Waals surface area (Å²) < 4.78 is 29.8. The number of aromatic nitrogens is 3. The van der Waals surface area contributed by atoms with Crippen molar-refractivity contribution >= 4 is 63.5 Å². The van der Waals surface area contributed by atoms with E-state index in [9.17, 15) is 24.0 Å². The van der Waals surface area contributed by atoms with Crippen molar-refractivity contribution in [1.29, 1.82) is 0 Å². The zero-order chi connectivity index (χ0) is 57.6. The van der Waals surface area contributed by atoms with Crippen LogP contribution < -0.4 is 157 Å². The van der Waals surface area contributed by atoms with E-state index >= 15 is 0 Å². The molecule has 19 heteroatoms. The van der Waals surface area contributed by atoms with Crippen LogP contribution in [-0.2, 0) is 45.5 Å². The maximum Gasteiger partial charge on any atom is 1.00 e. The summed E-state index contributed by atoms with van der Waals surface area (Å²) in [4.78, 5) is 72.3. The fraction of sp³-hybridized carbons (Fsp3) is 0.125. The van der Waals surface area contributed by atoms with Crippen molar-refractivity contribution in [3.05, 3.63) is 269 Å². The number of aromatic amines is 1. The van der Waals surface area contributed by atoms with Crippen LogP contribution >= 0.6 is 15.9 Å². The van der Waals surface area contributed by atoms with Gasteiger partial charge in [0, 0.05) is 42.3 Å². The molecule has 0 spiro atoms. The fourth-order valence-corrected chi connectivity index (χ4v) is 7.91. The van der Waals surface area contributed by atoms with Crippen molar-refractivity contribution in [3.63, 3.8) is 0 Å². The minimum Gasteiger partial charge on any atom is -1.00 e. The van der Waals surface area contributed by atoms with Gasteiger partial charge in [0.25, 0.3) is 6.47 Å². The number of H-pyrrole nitrogens is 1. The number of carbonyl (C=O) groups is 6. The Morgan fingerprint density at radius 3 is 1.47 bits per heavy atom. The number of fused-ring (bicyclic) bond motifs is 1. The van der Waals surface area contributed by atoms with Gasteiger partial charge in [0.05, 0.1) is 31.8 Å². The number of rotatable bonds is 18. The van der Waals surface area contributed by atoms with E-state index in [1.165, 1.54) is 14.2 Å². The molecule has 1 N–H and O–H groups in total. The number of nitrogens with zero attached hydrogens (tertiary/aromatic N) is 2. The number of benzene rings is 6. The number of hydrogen-bond donors (Lipinski definition) is 1. The topological polar surface area (TPSA) is 207 Å². The molecular formula is C64H58BrCs2N3O13. The largest absolute Gasteiger partial charge is 1.00 e. The van der Waals surface area contributed by atoms with Crippen LogP contribution in [0.3, 0.4) is 0 Å². The predicted octanol–water partition coefficient (Wildman–Crippen LogP) is 5.59. The molecule has 10 rings (SSSR count). The zero-order valence-corrected chi connectivity index (χ0v) is 60.4. The molecule has 0 bridgehead atoms. The van der Waals surface area contributed by atoms with Gasteiger partial charge in [-0.05, 0) is 125 Å². The molecule has 4 heterocycles. The number of nitrogens with one attached hydrogen (secondary N) is 1. The zero-order valence-electron chi connectivity index (χ0n) is 47.3. The number of halogens is 1. The van der Waals surface area contributed by atoms with Crippen LogP contribution in [0, 0.1) is 0 Å². The number of Topliss-reactive ketones (excluding diaryl/α,β-unsaturated/α-hetero) is 3. The summed E-state index contributed by atoms with van der Waals surface area (Å²) in [6.45, 7) is 1.45. The second-order valence-corrected chi connectivity index (χ2v) is 17.8. The second-order valence-electron chi connectivity index (χ2n) is 17.2. The average Bonchev–Trinajstić information content (AvgIpc) is 4.38. The van der Waals surface area contributed by atoms with Gasteiger partial charge in [0.15, 0.2) is 17.3 Å². The molecule has 6 aromatic carbocycles. The molecule has 0 saturated heterocycles. The molecule has 1 aliphatic rings. The summed E-state index contributed by atoms with van der Waals surface area (Å²) >= 11 is 3.15. The van der Waals surface area contributed by atoms with Gasteiger partial charge in [0.1, 0.15) is 48.5 Å². The van der Waals surface area contributed by atoms with Crippen molar-refractivity contribution in [2.24, 2.45) is 0 Å². The number of hydrogen-bond acceptors (Lipinski definition) is 13. The number of allylic oxidation sites excluding steroid dienone is 1. The summed E-state index contributed by atoms with van der Waals surface area (Å²) in [5, 5.41) is 8.78. The molecule has 83 heavy (non-hydrogen) atoms. The Morgan fingerprint density at radius 1 is 0.578 bits per heavy atom. The van der Waals surface area contributed by atoms with E-state index in [4.69, 9.17) is 29.0 Å². The van der Waals surface area contributed by atoms with Gasteiger partial charge in [-0.2, -0.15) is 0 Å². The number of methoxy groups -OCH3 is 2. The molecule has 1 aliphatic heterocycles. The van der Waals surface area contributed by atoms with E-state index in [1.807, 2.05) is 156 Å². The van der Waals surface area contributed by atoms with E-state index in [1.54, 1.807) is 77.6 Å². The Hall–Kier alpha value is -5.74. The van der Waals surface area contributed by atoms with Gasteiger partial charge in [-0.1, -0.05) is 119 Å². The van der Waals surface area contributed by atoms with Crippen LogP contribution in [0.1, 0.15) is 82.3 Å². The Kier molecular flexibility index (Phi) is 32.8. The third kappa shape index (κ3) is 23.7.